The molecule has 1 aromatic carbocycles. The van der Waals surface area contributed by atoms with Gasteiger partial charge in [0.05, 0.1) is 0 Å². The van der Waals surface area contributed by atoms with E-state index in [1.54, 1.807) is 0 Å². The first-order valence-electron chi connectivity index (χ1n) is 6.62. The maximum atomic E-state index is 11.9. The first kappa shape index (κ1) is 16.2. The topological polar surface area (TPSA) is 38.3 Å². The van der Waals surface area contributed by atoms with E-state index < -0.39 is 0 Å². The van der Waals surface area contributed by atoms with Gasteiger partial charge in [0.15, 0.2) is 0 Å². The highest BCUT2D eigenvalue weighted by atomic mass is 79.9. The molecule has 0 bridgehead atoms. The number of halogens is 1. The lowest BCUT2D eigenvalue weighted by Gasteiger charge is -2.08. The monoisotopic (exact) mass is 327 g/mol. The third-order valence-electron chi connectivity index (χ3n) is 2.51. The molecule has 19 heavy (non-hydrogen) atoms. The molecule has 0 saturated carbocycles. The van der Waals surface area contributed by atoms with Crippen LogP contribution in [0.3, 0.4) is 0 Å². The highest BCUT2D eigenvalue weighted by molar-refractivity contribution is 9.10. The van der Waals surface area contributed by atoms with Gasteiger partial charge < -0.3 is 10.1 Å². The minimum atomic E-state index is -0.0340. The van der Waals surface area contributed by atoms with Crippen molar-refractivity contribution in [2.24, 2.45) is 5.92 Å². The van der Waals surface area contributed by atoms with Crippen LogP contribution >= 0.6 is 15.9 Å². The van der Waals surface area contributed by atoms with E-state index in [9.17, 15) is 4.79 Å². The van der Waals surface area contributed by atoms with Gasteiger partial charge in [0.1, 0.15) is 0 Å². The summed E-state index contributed by atoms with van der Waals surface area (Å²) in [4.78, 5) is 11.9. The van der Waals surface area contributed by atoms with Gasteiger partial charge in [0, 0.05) is 29.8 Å². The smallest absolute Gasteiger partial charge is 0.251 e. The van der Waals surface area contributed by atoms with Crippen molar-refractivity contribution in [2.75, 3.05) is 19.8 Å². The van der Waals surface area contributed by atoms with Crippen LogP contribution in [0.5, 0.6) is 0 Å². The first-order chi connectivity index (χ1) is 8.99. The number of nitrogens with one attached hydrogen (secondary N) is 1. The Morgan fingerprint density at radius 3 is 2.74 bits per heavy atom. The Morgan fingerprint density at radius 1 is 1.37 bits per heavy atom. The molecule has 0 unspecified atom stereocenters. The lowest BCUT2D eigenvalue weighted by molar-refractivity contribution is 0.0925. The van der Waals surface area contributed by atoms with Crippen molar-refractivity contribution in [1.82, 2.24) is 5.32 Å². The highest BCUT2D eigenvalue weighted by Gasteiger charge is 2.06. The average Bonchev–Trinajstić information content (AvgIpc) is 2.31. The molecule has 1 aromatic rings. The summed E-state index contributed by atoms with van der Waals surface area (Å²) in [5, 5.41) is 2.90. The van der Waals surface area contributed by atoms with Crippen LogP contribution in [-0.4, -0.2) is 25.7 Å². The summed E-state index contributed by atoms with van der Waals surface area (Å²) in [7, 11) is 0. The van der Waals surface area contributed by atoms with E-state index in [1.165, 1.54) is 0 Å². The number of benzene rings is 1. The van der Waals surface area contributed by atoms with Crippen LogP contribution in [-0.2, 0) is 4.74 Å². The van der Waals surface area contributed by atoms with Gasteiger partial charge in [0.2, 0.25) is 0 Å². The number of ether oxygens (including phenoxy) is 1. The molecule has 0 fully saturated rings. The van der Waals surface area contributed by atoms with Gasteiger partial charge >= 0.3 is 0 Å². The summed E-state index contributed by atoms with van der Waals surface area (Å²) in [6.07, 6.45) is 0.839. The molecular formula is C15H22BrNO2. The van der Waals surface area contributed by atoms with Gasteiger partial charge in [-0.1, -0.05) is 29.8 Å². The summed E-state index contributed by atoms with van der Waals surface area (Å²) in [5.41, 5.74) is 1.76. The van der Waals surface area contributed by atoms with Crippen LogP contribution in [0.4, 0.5) is 0 Å². The normalized spacial score (nSPS) is 10.8. The number of carbonyl (C=O) groups is 1. The molecule has 0 saturated heterocycles. The Hall–Kier alpha value is -0.870. The van der Waals surface area contributed by atoms with Crippen molar-refractivity contribution < 1.29 is 9.53 Å². The van der Waals surface area contributed by atoms with Gasteiger partial charge in [-0.3, -0.25) is 4.79 Å². The molecule has 4 heteroatoms. The lowest BCUT2D eigenvalue weighted by Crippen LogP contribution is -2.25. The van der Waals surface area contributed by atoms with Crippen LogP contribution in [0, 0.1) is 12.8 Å². The molecule has 3 nitrogen and oxygen atoms in total. The average molecular weight is 328 g/mol. The van der Waals surface area contributed by atoms with Gasteiger partial charge in [-0.25, -0.2) is 0 Å². The Morgan fingerprint density at radius 2 is 2.11 bits per heavy atom. The molecule has 1 N–H and O–H groups in total. The van der Waals surface area contributed by atoms with E-state index in [-0.39, 0.29) is 5.91 Å². The van der Waals surface area contributed by atoms with Crippen LogP contribution in [0.2, 0.25) is 0 Å². The van der Waals surface area contributed by atoms with Gasteiger partial charge in [0.25, 0.3) is 5.91 Å². The number of carbonyl (C=O) groups excluding carboxylic acids is 1. The summed E-state index contributed by atoms with van der Waals surface area (Å²) in [5.74, 6) is 0.521. The Kier molecular flexibility index (Phi) is 7.10. The predicted octanol–water partition coefficient (Wildman–Crippen LogP) is 3.55. The Balaban J connectivity index is 2.27. The van der Waals surface area contributed by atoms with Crippen molar-refractivity contribution in [3.63, 3.8) is 0 Å². The molecule has 0 aliphatic rings. The van der Waals surface area contributed by atoms with Crippen molar-refractivity contribution >= 4 is 21.8 Å². The maximum Gasteiger partial charge on any atom is 0.251 e. The zero-order chi connectivity index (χ0) is 14.3. The van der Waals surface area contributed by atoms with Gasteiger partial charge in [-0.2, -0.15) is 0 Å². The number of hydrogen-bond donors (Lipinski definition) is 1. The molecule has 0 radical (unpaired) electrons. The second kappa shape index (κ2) is 8.33. The van der Waals surface area contributed by atoms with Crippen molar-refractivity contribution in [3.05, 3.63) is 33.8 Å². The Labute approximate surface area is 123 Å². The number of hydrogen-bond acceptors (Lipinski definition) is 2. The van der Waals surface area contributed by atoms with E-state index in [1.807, 2.05) is 25.1 Å². The standard InChI is InChI=1S/C15H22BrNO2/c1-11(2)10-19-6-4-5-17-15(18)13-7-12(3)8-14(16)9-13/h7-9,11H,4-6,10H2,1-3H3,(H,17,18). The largest absolute Gasteiger partial charge is 0.381 e. The summed E-state index contributed by atoms with van der Waals surface area (Å²) in [6, 6.07) is 5.70. The van der Waals surface area contributed by atoms with Gasteiger partial charge in [-0.05, 0) is 43.0 Å². The fourth-order valence-electron chi connectivity index (χ4n) is 1.66. The van der Waals surface area contributed by atoms with Gasteiger partial charge in [-0.15, -0.1) is 0 Å². The lowest BCUT2D eigenvalue weighted by atomic mass is 10.1. The zero-order valence-electron chi connectivity index (χ0n) is 11.8. The van der Waals surface area contributed by atoms with Crippen LogP contribution in [0.25, 0.3) is 0 Å². The van der Waals surface area contributed by atoms with E-state index >= 15 is 0 Å². The number of rotatable bonds is 7. The fraction of sp³-hybridized carbons (Fsp3) is 0.533. The quantitative estimate of drug-likeness (QED) is 0.778. The molecule has 0 aromatic heterocycles. The number of aryl methyl sites for hydroxylation is 1. The molecule has 0 aliphatic carbocycles. The van der Waals surface area contributed by atoms with Crippen molar-refractivity contribution in [2.45, 2.75) is 27.2 Å². The van der Waals surface area contributed by atoms with E-state index in [0.29, 0.717) is 24.6 Å². The van der Waals surface area contributed by atoms with Crippen LogP contribution in [0.1, 0.15) is 36.2 Å². The first-order valence-corrected chi connectivity index (χ1v) is 7.41. The minimum Gasteiger partial charge on any atom is -0.381 e. The molecule has 106 valence electrons. The second-order valence-electron chi connectivity index (χ2n) is 5.10. The van der Waals surface area contributed by atoms with Crippen molar-refractivity contribution in [3.8, 4) is 0 Å². The predicted molar refractivity (Wildman–Crippen MR) is 81.5 cm³/mol. The fourth-order valence-corrected chi connectivity index (χ4v) is 2.27. The molecule has 1 rings (SSSR count). The van der Waals surface area contributed by atoms with E-state index in [4.69, 9.17) is 4.74 Å². The van der Waals surface area contributed by atoms with Crippen LogP contribution < -0.4 is 5.32 Å². The molecule has 0 spiro atoms. The molecular weight excluding hydrogens is 306 g/mol. The summed E-state index contributed by atoms with van der Waals surface area (Å²) < 4.78 is 6.39. The molecule has 0 heterocycles. The molecule has 0 aliphatic heterocycles. The molecule has 1 amide bonds. The second-order valence-corrected chi connectivity index (χ2v) is 6.01. The van der Waals surface area contributed by atoms with Crippen molar-refractivity contribution in [1.29, 1.82) is 0 Å². The third-order valence-corrected chi connectivity index (χ3v) is 2.96. The van der Waals surface area contributed by atoms with E-state index in [2.05, 4.69) is 35.1 Å². The molecule has 0 atom stereocenters. The van der Waals surface area contributed by atoms with E-state index in [0.717, 1.165) is 23.1 Å². The number of amides is 1. The maximum absolute atomic E-state index is 11.9. The summed E-state index contributed by atoms with van der Waals surface area (Å²) in [6.45, 7) is 8.33. The summed E-state index contributed by atoms with van der Waals surface area (Å²) >= 11 is 3.40. The third kappa shape index (κ3) is 6.73. The SMILES string of the molecule is Cc1cc(Br)cc(C(=O)NCCCOCC(C)C)c1. The minimum absolute atomic E-state index is 0.0340. The highest BCUT2D eigenvalue weighted by Crippen LogP contribution is 2.15. The zero-order valence-corrected chi connectivity index (χ0v) is 13.4. The Bertz CT molecular complexity index is 398. The van der Waals surface area contributed by atoms with Crippen LogP contribution in [0.15, 0.2) is 22.7 Å².